The Kier molecular flexibility index (Phi) is 7.51. The smallest absolute Gasteiger partial charge is 0.277 e. The molecule has 6 nitrogen and oxygen atoms in total. The predicted molar refractivity (Wildman–Crippen MR) is 107 cm³/mol. The Balaban J connectivity index is 1.91. The maximum absolute atomic E-state index is 11.8. The van der Waals surface area contributed by atoms with Crippen LogP contribution in [0.15, 0.2) is 46.0 Å². The van der Waals surface area contributed by atoms with Gasteiger partial charge in [0.05, 0.1) is 16.4 Å². The third-order valence-corrected chi connectivity index (χ3v) is 4.24. The maximum Gasteiger partial charge on any atom is 0.277 e. The topological polar surface area (TPSA) is 80.2 Å². The Bertz CT molecular complexity index is 783. The molecule has 0 radical (unpaired) electrons. The van der Waals surface area contributed by atoms with Crippen LogP contribution in [0.3, 0.4) is 0 Å². The van der Waals surface area contributed by atoms with Crippen LogP contribution in [0.2, 0.25) is 0 Å². The minimum Gasteiger partial charge on any atom is -0.506 e. The van der Waals surface area contributed by atoms with Gasteiger partial charge in [0, 0.05) is 10.0 Å². The second-order valence-corrected chi connectivity index (χ2v) is 6.86. The van der Waals surface area contributed by atoms with Crippen molar-refractivity contribution in [2.24, 2.45) is 5.10 Å². The monoisotopic (exact) mass is 518 g/mol. The van der Waals surface area contributed by atoms with Crippen molar-refractivity contribution in [3.8, 4) is 17.2 Å². The van der Waals surface area contributed by atoms with Crippen LogP contribution in [-0.2, 0) is 4.79 Å². The molecule has 8 heteroatoms. The number of rotatable bonds is 7. The zero-order valence-corrected chi connectivity index (χ0v) is 17.1. The average molecular weight is 519 g/mol. The number of hydrogen-bond acceptors (Lipinski definition) is 5. The van der Waals surface area contributed by atoms with Crippen molar-refractivity contribution in [3.05, 3.63) is 50.0 Å². The minimum absolute atomic E-state index is 0.101. The van der Waals surface area contributed by atoms with E-state index in [4.69, 9.17) is 9.47 Å². The molecule has 0 aliphatic rings. The number of halogens is 2. The van der Waals surface area contributed by atoms with Gasteiger partial charge in [-0.25, -0.2) is 5.43 Å². The largest absolute Gasteiger partial charge is 0.506 e. The highest BCUT2D eigenvalue weighted by molar-refractivity contribution is 14.1. The van der Waals surface area contributed by atoms with Crippen molar-refractivity contribution >= 4 is 50.6 Å². The molecule has 0 saturated heterocycles. The molecule has 0 spiro atoms. The zero-order chi connectivity index (χ0) is 18.2. The predicted octanol–water partition coefficient (Wildman–Crippen LogP) is 3.69. The first kappa shape index (κ1) is 19.5. The van der Waals surface area contributed by atoms with Gasteiger partial charge in [0.1, 0.15) is 5.75 Å². The van der Waals surface area contributed by atoms with Crippen LogP contribution in [0.5, 0.6) is 17.2 Å². The van der Waals surface area contributed by atoms with E-state index >= 15 is 0 Å². The summed E-state index contributed by atoms with van der Waals surface area (Å²) in [5.74, 6) is 0.744. The van der Waals surface area contributed by atoms with Gasteiger partial charge in [-0.05, 0) is 53.8 Å². The molecule has 2 aromatic rings. The number of hydrazone groups is 1. The molecule has 0 aliphatic heterocycles. The highest BCUT2D eigenvalue weighted by Crippen LogP contribution is 2.27. The fraction of sp³-hybridized carbons (Fsp3) is 0.176. The van der Waals surface area contributed by atoms with Crippen LogP contribution in [0.25, 0.3) is 0 Å². The van der Waals surface area contributed by atoms with Crippen LogP contribution < -0.4 is 14.9 Å². The molecule has 25 heavy (non-hydrogen) atoms. The number of hydrogen-bond donors (Lipinski definition) is 2. The fourth-order valence-electron chi connectivity index (χ4n) is 1.88. The van der Waals surface area contributed by atoms with E-state index in [0.717, 1.165) is 4.47 Å². The van der Waals surface area contributed by atoms with Crippen molar-refractivity contribution in [2.75, 3.05) is 13.2 Å². The molecule has 0 aromatic heterocycles. The summed E-state index contributed by atoms with van der Waals surface area (Å²) < 4.78 is 12.4. The van der Waals surface area contributed by atoms with Crippen LogP contribution in [-0.4, -0.2) is 30.4 Å². The maximum atomic E-state index is 11.8. The van der Waals surface area contributed by atoms with Gasteiger partial charge < -0.3 is 14.6 Å². The molecular weight excluding hydrogens is 503 g/mol. The highest BCUT2D eigenvalue weighted by atomic mass is 127. The first-order chi connectivity index (χ1) is 12.0. The SMILES string of the molecule is CCOc1ccccc1OCC(=O)N/N=C\c1cc(Br)cc(I)c1O. The van der Waals surface area contributed by atoms with E-state index in [0.29, 0.717) is 27.2 Å². The van der Waals surface area contributed by atoms with Crippen LogP contribution in [0.4, 0.5) is 0 Å². The number of phenolic OH excluding ortho intramolecular Hbond substituents is 1. The van der Waals surface area contributed by atoms with E-state index in [9.17, 15) is 9.90 Å². The molecule has 0 heterocycles. The quantitative estimate of drug-likeness (QED) is 0.333. The van der Waals surface area contributed by atoms with Crippen molar-refractivity contribution < 1.29 is 19.4 Å². The number of benzene rings is 2. The molecule has 0 unspecified atom stereocenters. The summed E-state index contributed by atoms with van der Waals surface area (Å²) >= 11 is 5.35. The third-order valence-electron chi connectivity index (χ3n) is 2.96. The molecule has 0 aliphatic carbocycles. The second kappa shape index (κ2) is 9.62. The average Bonchev–Trinajstić information content (AvgIpc) is 2.58. The highest BCUT2D eigenvalue weighted by Gasteiger charge is 2.08. The number of carbonyl (C=O) groups excluding carboxylic acids is 1. The molecule has 1 amide bonds. The van der Waals surface area contributed by atoms with Crippen LogP contribution >= 0.6 is 38.5 Å². The molecule has 0 atom stereocenters. The summed E-state index contributed by atoms with van der Waals surface area (Å²) in [7, 11) is 0. The Morgan fingerprint density at radius 2 is 2.00 bits per heavy atom. The Labute approximate surface area is 167 Å². The summed E-state index contributed by atoms with van der Waals surface area (Å²) in [5, 5.41) is 13.8. The number of carbonyl (C=O) groups is 1. The lowest BCUT2D eigenvalue weighted by molar-refractivity contribution is -0.123. The Hall–Kier alpha value is -1.81. The number of para-hydroxylation sites is 2. The number of nitrogens with zero attached hydrogens (tertiary/aromatic N) is 1. The van der Waals surface area contributed by atoms with Gasteiger partial charge in [0.2, 0.25) is 0 Å². The fourth-order valence-corrected chi connectivity index (χ4v) is 3.43. The van der Waals surface area contributed by atoms with E-state index in [2.05, 4.69) is 26.5 Å². The zero-order valence-electron chi connectivity index (χ0n) is 13.3. The summed E-state index contributed by atoms with van der Waals surface area (Å²) in [6, 6.07) is 10.6. The molecular formula is C17H16BrIN2O4. The van der Waals surface area contributed by atoms with Gasteiger partial charge in [-0.2, -0.15) is 5.10 Å². The van der Waals surface area contributed by atoms with Gasteiger partial charge in [-0.1, -0.05) is 28.1 Å². The van der Waals surface area contributed by atoms with Gasteiger partial charge in [0.15, 0.2) is 18.1 Å². The number of aromatic hydroxyl groups is 1. The van der Waals surface area contributed by atoms with Crippen molar-refractivity contribution in [1.82, 2.24) is 5.43 Å². The number of ether oxygens (including phenoxy) is 2. The Morgan fingerprint density at radius 1 is 1.32 bits per heavy atom. The first-order valence-corrected chi connectivity index (χ1v) is 9.23. The van der Waals surface area contributed by atoms with E-state index in [1.807, 2.05) is 35.6 Å². The summed E-state index contributed by atoms with van der Waals surface area (Å²) in [6.45, 7) is 2.17. The number of amides is 1. The number of phenols is 1. The van der Waals surface area contributed by atoms with E-state index in [-0.39, 0.29) is 12.4 Å². The minimum atomic E-state index is -0.424. The third kappa shape index (κ3) is 5.89. The lowest BCUT2D eigenvalue weighted by Crippen LogP contribution is -2.24. The van der Waals surface area contributed by atoms with E-state index in [1.54, 1.807) is 30.3 Å². The van der Waals surface area contributed by atoms with Crippen LogP contribution in [0, 0.1) is 3.57 Å². The normalized spacial score (nSPS) is 10.7. The molecule has 0 bridgehead atoms. The second-order valence-electron chi connectivity index (χ2n) is 4.79. The van der Waals surface area contributed by atoms with Gasteiger partial charge in [0.25, 0.3) is 5.91 Å². The summed E-state index contributed by atoms with van der Waals surface area (Å²) in [4.78, 5) is 11.8. The number of nitrogens with one attached hydrogen (secondary N) is 1. The lowest BCUT2D eigenvalue weighted by atomic mass is 10.2. The van der Waals surface area contributed by atoms with Gasteiger partial charge in [-0.3, -0.25) is 4.79 Å². The van der Waals surface area contributed by atoms with Gasteiger partial charge in [-0.15, -0.1) is 0 Å². The molecule has 0 saturated carbocycles. The molecule has 2 aromatic carbocycles. The van der Waals surface area contributed by atoms with E-state index in [1.165, 1.54) is 6.21 Å². The molecule has 132 valence electrons. The summed E-state index contributed by atoms with van der Waals surface area (Å²) in [5.41, 5.74) is 2.84. The van der Waals surface area contributed by atoms with Crippen molar-refractivity contribution in [3.63, 3.8) is 0 Å². The van der Waals surface area contributed by atoms with Crippen LogP contribution in [0.1, 0.15) is 12.5 Å². The van der Waals surface area contributed by atoms with Crippen molar-refractivity contribution in [2.45, 2.75) is 6.92 Å². The first-order valence-electron chi connectivity index (χ1n) is 7.35. The standard InChI is InChI=1S/C17H16BrIN2O4/c1-2-24-14-5-3-4-6-15(14)25-10-16(22)21-20-9-11-7-12(18)8-13(19)17(11)23/h3-9,23H,2,10H2,1H3,(H,21,22)/b20-9-. The lowest BCUT2D eigenvalue weighted by Gasteiger charge is -2.10. The summed E-state index contributed by atoms with van der Waals surface area (Å²) in [6.07, 6.45) is 1.37. The van der Waals surface area contributed by atoms with Gasteiger partial charge >= 0.3 is 0 Å². The Morgan fingerprint density at radius 3 is 2.68 bits per heavy atom. The molecule has 2 rings (SSSR count). The van der Waals surface area contributed by atoms with E-state index < -0.39 is 5.91 Å². The molecule has 2 N–H and O–H groups in total. The van der Waals surface area contributed by atoms with Crippen molar-refractivity contribution in [1.29, 1.82) is 0 Å². The molecule has 0 fully saturated rings.